The number of hydrogen-bond donors (Lipinski definition) is 0. The van der Waals surface area contributed by atoms with Crippen LogP contribution >= 0.6 is 23.1 Å². The van der Waals surface area contributed by atoms with E-state index >= 15 is 0 Å². The smallest absolute Gasteiger partial charge is 0.0530 e. The molecule has 1 aromatic rings. The zero-order valence-corrected chi connectivity index (χ0v) is 16.9. The van der Waals surface area contributed by atoms with Crippen LogP contribution in [0, 0.1) is 11.8 Å². The molecule has 1 aliphatic heterocycles. The average molecular weight is 349 g/mol. The van der Waals surface area contributed by atoms with E-state index in [1.165, 1.54) is 46.8 Å². The second-order valence-electron chi connectivity index (χ2n) is 6.86. The summed E-state index contributed by atoms with van der Waals surface area (Å²) in [6, 6.07) is 4.48. The van der Waals surface area contributed by atoms with Crippen LogP contribution in [0.3, 0.4) is 0 Å². The second-order valence-corrected chi connectivity index (χ2v) is 8.94. The predicted molar refractivity (Wildman–Crippen MR) is 108 cm³/mol. The summed E-state index contributed by atoms with van der Waals surface area (Å²) < 4.78 is 0. The van der Waals surface area contributed by atoms with Gasteiger partial charge in [-0.15, -0.1) is 23.1 Å². The number of thiophene rings is 1. The lowest BCUT2D eigenvalue weighted by molar-refractivity contribution is 0.295. The quantitative estimate of drug-likeness (QED) is 0.418. The van der Waals surface area contributed by atoms with Gasteiger partial charge in [0.15, 0.2) is 0 Å². The van der Waals surface area contributed by atoms with Crippen molar-refractivity contribution in [3.8, 4) is 0 Å². The van der Waals surface area contributed by atoms with E-state index in [1.807, 2.05) is 23.1 Å². The molecule has 0 amide bonds. The maximum absolute atomic E-state index is 4.62. The molecule has 128 valence electrons. The summed E-state index contributed by atoms with van der Waals surface area (Å²) in [4.78, 5) is 2.99. The van der Waals surface area contributed by atoms with Crippen LogP contribution in [-0.2, 0) is 5.41 Å². The molecular formula is C21H32S2. The minimum atomic E-state index is 0.0226. The summed E-state index contributed by atoms with van der Waals surface area (Å²) in [5, 5.41) is 2.21. The minimum absolute atomic E-state index is 0.0226. The van der Waals surface area contributed by atoms with Crippen molar-refractivity contribution in [2.24, 2.45) is 11.8 Å². The lowest BCUT2D eigenvalue weighted by Crippen LogP contribution is -2.27. The van der Waals surface area contributed by atoms with E-state index in [4.69, 9.17) is 0 Å². The molecule has 1 aliphatic rings. The van der Waals surface area contributed by atoms with E-state index in [1.54, 1.807) is 0 Å². The molecule has 0 N–H and O–H groups in total. The summed E-state index contributed by atoms with van der Waals surface area (Å²) in [6.07, 6.45) is 8.66. The van der Waals surface area contributed by atoms with E-state index in [-0.39, 0.29) is 5.41 Å². The number of hydrogen-bond acceptors (Lipinski definition) is 2. The largest absolute Gasteiger partial charge is 0.148 e. The molecule has 1 aromatic heterocycles. The van der Waals surface area contributed by atoms with E-state index in [0.717, 1.165) is 18.3 Å². The van der Waals surface area contributed by atoms with Crippen LogP contribution in [0.25, 0.3) is 0 Å². The molecule has 2 heterocycles. The van der Waals surface area contributed by atoms with Crippen molar-refractivity contribution < 1.29 is 0 Å². The van der Waals surface area contributed by atoms with E-state index in [9.17, 15) is 0 Å². The molecule has 0 nitrogen and oxygen atoms in total. The number of thioether (sulfide) groups is 1. The van der Waals surface area contributed by atoms with Gasteiger partial charge in [-0.25, -0.2) is 0 Å². The van der Waals surface area contributed by atoms with Gasteiger partial charge >= 0.3 is 0 Å². The first-order valence-electron chi connectivity index (χ1n) is 9.13. The molecule has 0 bridgehead atoms. The van der Waals surface area contributed by atoms with E-state index in [2.05, 4.69) is 57.9 Å². The highest BCUT2D eigenvalue weighted by molar-refractivity contribution is 8.03. The molecule has 0 saturated heterocycles. The fourth-order valence-electron chi connectivity index (χ4n) is 3.92. The molecule has 2 rings (SSSR count). The monoisotopic (exact) mass is 348 g/mol. The van der Waals surface area contributed by atoms with Gasteiger partial charge in [0.1, 0.15) is 0 Å². The average Bonchev–Trinajstić information content (AvgIpc) is 3.27. The van der Waals surface area contributed by atoms with Crippen molar-refractivity contribution in [3.05, 3.63) is 45.5 Å². The normalized spacial score (nSPS) is 18.7. The van der Waals surface area contributed by atoms with Crippen LogP contribution in [0.4, 0.5) is 0 Å². The highest BCUT2D eigenvalue weighted by Gasteiger charge is 2.37. The Hall–Kier alpha value is -0.470. The molecule has 0 fully saturated rings. The van der Waals surface area contributed by atoms with Gasteiger partial charge in [-0.1, -0.05) is 64.3 Å². The molecular weight excluding hydrogens is 316 g/mol. The number of allylic oxidation sites excluding steroid dienone is 3. The van der Waals surface area contributed by atoms with E-state index < -0.39 is 0 Å². The van der Waals surface area contributed by atoms with Gasteiger partial charge in [-0.2, -0.15) is 0 Å². The fourth-order valence-corrected chi connectivity index (χ4v) is 6.17. The second kappa shape index (κ2) is 8.58. The molecule has 0 aliphatic carbocycles. The van der Waals surface area contributed by atoms with E-state index in [0.29, 0.717) is 0 Å². The predicted octanol–water partition coefficient (Wildman–Crippen LogP) is 7.44. The SMILES string of the molecule is C=C(CC(CC)C(CC)CC)C(C)(C1=CCCS1)c1cccs1. The van der Waals surface area contributed by atoms with Gasteiger partial charge < -0.3 is 0 Å². The molecule has 0 saturated carbocycles. The Labute approximate surface area is 151 Å². The lowest BCUT2D eigenvalue weighted by Gasteiger charge is -2.36. The first-order valence-corrected chi connectivity index (χ1v) is 11.0. The molecule has 0 radical (unpaired) electrons. The molecule has 0 aromatic carbocycles. The standard InChI is InChI=1S/C21H32S2/c1-6-17(7-2)18(8-3)15-16(4)21(5,19-11-9-13-22-19)20-12-10-14-23-20/h9,11-13,17-18H,4,6-8,10,14-15H2,1-3,5H3. The molecule has 2 atom stereocenters. The van der Waals surface area contributed by atoms with Crippen LogP contribution in [0.2, 0.25) is 0 Å². The minimum Gasteiger partial charge on any atom is -0.148 e. The van der Waals surface area contributed by atoms with Crippen molar-refractivity contribution in [3.63, 3.8) is 0 Å². The van der Waals surface area contributed by atoms with Crippen LogP contribution < -0.4 is 0 Å². The Bertz CT molecular complexity index is 522. The van der Waals surface area contributed by atoms with Crippen molar-refractivity contribution >= 4 is 23.1 Å². The van der Waals surface area contributed by atoms with Gasteiger partial charge in [0.25, 0.3) is 0 Å². The Morgan fingerprint density at radius 1 is 1.22 bits per heavy atom. The van der Waals surface area contributed by atoms with Crippen molar-refractivity contribution in [1.29, 1.82) is 0 Å². The van der Waals surface area contributed by atoms with Gasteiger partial charge in [-0.05, 0) is 48.0 Å². The van der Waals surface area contributed by atoms with Crippen LogP contribution in [0.15, 0.2) is 40.6 Å². The summed E-state index contributed by atoms with van der Waals surface area (Å²) in [7, 11) is 0. The highest BCUT2D eigenvalue weighted by Crippen LogP contribution is 2.50. The fraction of sp³-hybridized carbons (Fsp3) is 0.619. The summed E-state index contributed by atoms with van der Waals surface area (Å²) >= 11 is 3.92. The topological polar surface area (TPSA) is 0 Å². The first kappa shape index (κ1) is 18.9. The molecule has 23 heavy (non-hydrogen) atoms. The van der Waals surface area contributed by atoms with Crippen LogP contribution in [0.1, 0.15) is 64.7 Å². The number of rotatable bonds is 9. The summed E-state index contributed by atoms with van der Waals surface area (Å²) in [5.74, 6) is 2.83. The zero-order chi connectivity index (χ0) is 16.9. The maximum atomic E-state index is 4.62. The van der Waals surface area contributed by atoms with Gasteiger partial charge in [0.2, 0.25) is 0 Å². The molecule has 2 heteroatoms. The maximum Gasteiger partial charge on any atom is 0.0530 e. The lowest BCUT2D eigenvalue weighted by atomic mass is 9.73. The third kappa shape index (κ3) is 3.96. The summed E-state index contributed by atoms with van der Waals surface area (Å²) in [5.41, 5.74) is 1.44. The molecule has 2 unspecified atom stereocenters. The first-order chi connectivity index (χ1) is 11.1. The third-order valence-electron chi connectivity index (χ3n) is 5.67. The Kier molecular flexibility index (Phi) is 7.03. The van der Waals surface area contributed by atoms with Gasteiger partial charge in [0, 0.05) is 10.6 Å². The highest BCUT2D eigenvalue weighted by atomic mass is 32.2. The zero-order valence-electron chi connectivity index (χ0n) is 15.2. The Morgan fingerprint density at radius 2 is 1.91 bits per heavy atom. The Balaban J connectivity index is 2.27. The van der Waals surface area contributed by atoms with Gasteiger partial charge in [-0.3, -0.25) is 0 Å². The Morgan fingerprint density at radius 3 is 2.39 bits per heavy atom. The van der Waals surface area contributed by atoms with Crippen molar-refractivity contribution in [2.75, 3.05) is 5.75 Å². The van der Waals surface area contributed by atoms with Crippen molar-refractivity contribution in [2.45, 2.75) is 65.2 Å². The molecule has 0 spiro atoms. The van der Waals surface area contributed by atoms with Crippen molar-refractivity contribution in [1.82, 2.24) is 0 Å². The van der Waals surface area contributed by atoms with Crippen LogP contribution in [0.5, 0.6) is 0 Å². The van der Waals surface area contributed by atoms with Gasteiger partial charge in [0.05, 0.1) is 5.41 Å². The van der Waals surface area contributed by atoms with Crippen LogP contribution in [-0.4, -0.2) is 5.75 Å². The third-order valence-corrected chi connectivity index (χ3v) is 8.08. The summed E-state index contributed by atoms with van der Waals surface area (Å²) in [6.45, 7) is 14.1.